The molecule has 0 aromatic heterocycles. The SMILES string of the molecule is CNC(c1ccc(OC(F)(F)F)cc1)C1CCCOC1. The number of alkyl halides is 3. The molecule has 20 heavy (non-hydrogen) atoms. The maximum absolute atomic E-state index is 12.1. The second kappa shape index (κ2) is 6.45. The van der Waals surface area contributed by atoms with Gasteiger partial charge in [-0.2, -0.15) is 0 Å². The molecule has 0 radical (unpaired) electrons. The summed E-state index contributed by atoms with van der Waals surface area (Å²) in [5.74, 6) is 0.138. The highest BCUT2D eigenvalue weighted by Crippen LogP contribution is 2.30. The Morgan fingerprint density at radius 3 is 2.50 bits per heavy atom. The summed E-state index contributed by atoms with van der Waals surface area (Å²) >= 11 is 0. The van der Waals surface area contributed by atoms with Crippen molar-refractivity contribution in [2.24, 2.45) is 5.92 Å². The van der Waals surface area contributed by atoms with E-state index in [4.69, 9.17) is 4.74 Å². The van der Waals surface area contributed by atoms with Crippen LogP contribution in [0.15, 0.2) is 24.3 Å². The lowest BCUT2D eigenvalue weighted by Crippen LogP contribution is -2.31. The molecule has 1 fully saturated rings. The largest absolute Gasteiger partial charge is 0.573 e. The van der Waals surface area contributed by atoms with Gasteiger partial charge in [0.2, 0.25) is 0 Å². The van der Waals surface area contributed by atoms with Crippen LogP contribution in [0.25, 0.3) is 0 Å². The minimum Gasteiger partial charge on any atom is -0.406 e. The molecule has 0 saturated carbocycles. The third-order valence-corrected chi connectivity index (χ3v) is 3.45. The molecule has 2 atom stereocenters. The fourth-order valence-corrected chi connectivity index (χ4v) is 2.58. The summed E-state index contributed by atoms with van der Waals surface area (Å²) in [7, 11) is 1.85. The van der Waals surface area contributed by atoms with Gasteiger partial charge < -0.3 is 14.8 Å². The van der Waals surface area contributed by atoms with Crippen molar-refractivity contribution in [1.29, 1.82) is 0 Å². The Morgan fingerprint density at radius 2 is 2.00 bits per heavy atom. The highest BCUT2D eigenvalue weighted by atomic mass is 19.4. The van der Waals surface area contributed by atoms with Crippen LogP contribution in [-0.2, 0) is 4.74 Å². The summed E-state index contributed by atoms with van der Waals surface area (Å²) in [6.07, 6.45) is -2.59. The van der Waals surface area contributed by atoms with Gasteiger partial charge in [-0.15, -0.1) is 13.2 Å². The lowest BCUT2D eigenvalue weighted by molar-refractivity contribution is -0.274. The Balaban J connectivity index is 2.06. The summed E-state index contributed by atoms with van der Waals surface area (Å²) < 4.78 is 45.7. The quantitative estimate of drug-likeness (QED) is 0.922. The fourth-order valence-electron chi connectivity index (χ4n) is 2.58. The van der Waals surface area contributed by atoms with Gasteiger partial charge in [0, 0.05) is 18.6 Å². The molecular formula is C14H18F3NO2. The molecule has 1 aliphatic rings. The summed E-state index contributed by atoms with van der Waals surface area (Å²) in [6, 6.07) is 6.09. The van der Waals surface area contributed by atoms with Crippen LogP contribution < -0.4 is 10.1 Å². The second-order valence-electron chi connectivity index (χ2n) is 4.86. The predicted octanol–water partition coefficient (Wildman–Crippen LogP) is 3.27. The van der Waals surface area contributed by atoms with E-state index in [0.717, 1.165) is 25.0 Å². The maximum Gasteiger partial charge on any atom is 0.573 e. The molecule has 3 nitrogen and oxygen atoms in total. The first kappa shape index (κ1) is 15.1. The molecule has 112 valence electrons. The van der Waals surface area contributed by atoms with Gasteiger partial charge in [0.25, 0.3) is 0 Å². The van der Waals surface area contributed by atoms with Gasteiger partial charge in [0.05, 0.1) is 6.61 Å². The van der Waals surface area contributed by atoms with E-state index >= 15 is 0 Å². The number of nitrogens with one attached hydrogen (secondary N) is 1. The molecule has 0 aliphatic carbocycles. The van der Waals surface area contributed by atoms with E-state index in [2.05, 4.69) is 10.1 Å². The molecule has 2 rings (SSSR count). The first-order valence-corrected chi connectivity index (χ1v) is 6.60. The third kappa shape index (κ3) is 4.11. The highest BCUT2D eigenvalue weighted by Gasteiger charge is 2.31. The third-order valence-electron chi connectivity index (χ3n) is 3.45. The number of benzene rings is 1. The molecule has 0 bridgehead atoms. The average Bonchev–Trinajstić information content (AvgIpc) is 2.41. The first-order valence-electron chi connectivity index (χ1n) is 6.60. The average molecular weight is 289 g/mol. The number of hydrogen-bond donors (Lipinski definition) is 1. The lowest BCUT2D eigenvalue weighted by Gasteiger charge is -2.30. The van der Waals surface area contributed by atoms with Crippen LogP contribution in [0, 0.1) is 5.92 Å². The molecule has 1 aliphatic heterocycles. The second-order valence-corrected chi connectivity index (χ2v) is 4.86. The Hall–Kier alpha value is -1.27. The van der Waals surface area contributed by atoms with E-state index in [1.165, 1.54) is 12.1 Å². The molecule has 0 amide bonds. The van der Waals surface area contributed by atoms with Gasteiger partial charge >= 0.3 is 6.36 Å². The standard InChI is InChI=1S/C14H18F3NO2/c1-18-13(11-3-2-8-19-9-11)10-4-6-12(7-5-10)20-14(15,16)17/h4-7,11,13,18H,2-3,8-9H2,1H3. The van der Waals surface area contributed by atoms with Gasteiger partial charge in [-0.05, 0) is 37.6 Å². The molecular weight excluding hydrogens is 271 g/mol. The van der Waals surface area contributed by atoms with Crippen LogP contribution in [0.3, 0.4) is 0 Å². The van der Waals surface area contributed by atoms with Crippen LogP contribution in [0.5, 0.6) is 5.75 Å². The molecule has 1 N–H and O–H groups in total. The van der Waals surface area contributed by atoms with Crippen LogP contribution in [-0.4, -0.2) is 26.6 Å². The summed E-state index contributed by atoms with van der Waals surface area (Å²) in [5, 5.41) is 3.21. The van der Waals surface area contributed by atoms with Gasteiger partial charge in [0.1, 0.15) is 5.75 Å². The minimum absolute atomic E-state index is 0.0789. The van der Waals surface area contributed by atoms with Crippen molar-refractivity contribution >= 4 is 0 Å². The van der Waals surface area contributed by atoms with Crippen molar-refractivity contribution in [3.05, 3.63) is 29.8 Å². The monoisotopic (exact) mass is 289 g/mol. The molecule has 0 spiro atoms. The van der Waals surface area contributed by atoms with Gasteiger partial charge in [-0.3, -0.25) is 0 Å². The first-order chi connectivity index (χ1) is 9.49. The Morgan fingerprint density at radius 1 is 1.30 bits per heavy atom. The maximum atomic E-state index is 12.1. The van der Waals surface area contributed by atoms with E-state index in [0.29, 0.717) is 12.5 Å². The van der Waals surface area contributed by atoms with Gasteiger partial charge in [-0.1, -0.05) is 12.1 Å². The smallest absolute Gasteiger partial charge is 0.406 e. The number of hydrogen-bond acceptors (Lipinski definition) is 3. The number of rotatable bonds is 4. The fraction of sp³-hybridized carbons (Fsp3) is 0.571. The topological polar surface area (TPSA) is 30.5 Å². The summed E-state index contributed by atoms with van der Waals surface area (Å²) in [5.41, 5.74) is 0.942. The van der Waals surface area contributed by atoms with Gasteiger partial charge in [-0.25, -0.2) is 0 Å². The number of halogens is 3. The zero-order valence-electron chi connectivity index (χ0n) is 11.2. The zero-order valence-corrected chi connectivity index (χ0v) is 11.2. The van der Waals surface area contributed by atoms with E-state index in [9.17, 15) is 13.2 Å². The lowest BCUT2D eigenvalue weighted by atomic mass is 9.89. The Kier molecular flexibility index (Phi) is 4.88. The molecule has 2 unspecified atom stereocenters. The van der Waals surface area contributed by atoms with Crippen molar-refractivity contribution in [2.45, 2.75) is 25.2 Å². The number of ether oxygens (including phenoxy) is 2. The zero-order chi connectivity index (χ0) is 14.6. The van der Waals surface area contributed by atoms with E-state index < -0.39 is 6.36 Å². The van der Waals surface area contributed by atoms with Crippen molar-refractivity contribution in [1.82, 2.24) is 5.32 Å². The van der Waals surface area contributed by atoms with Crippen LogP contribution >= 0.6 is 0 Å². The van der Waals surface area contributed by atoms with Crippen molar-refractivity contribution in [3.8, 4) is 5.75 Å². The van der Waals surface area contributed by atoms with Gasteiger partial charge in [0.15, 0.2) is 0 Å². The molecule has 1 heterocycles. The normalized spacial score (nSPS) is 21.5. The molecule has 1 saturated heterocycles. The van der Waals surface area contributed by atoms with Crippen molar-refractivity contribution in [2.75, 3.05) is 20.3 Å². The highest BCUT2D eigenvalue weighted by molar-refractivity contribution is 5.29. The Labute approximate surface area is 116 Å². The van der Waals surface area contributed by atoms with Crippen LogP contribution in [0.2, 0.25) is 0 Å². The minimum atomic E-state index is -4.65. The van der Waals surface area contributed by atoms with E-state index in [-0.39, 0.29) is 11.8 Å². The van der Waals surface area contributed by atoms with Crippen molar-refractivity contribution < 1.29 is 22.6 Å². The summed E-state index contributed by atoms with van der Waals surface area (Å²) in [6.45, 7) is 1.46. The van der Waals surface area contributed by atoms with Crippen LogP contribution in [0.1, 0.15) is 24.4 Å². The van der Waals surface area contributed by atoms with Crippen LogP contribution in [0.4, 0.5) is 13.2 Å². The van der Waals surface area contributed by atoms with E-state index in [1.807, 2.05) is 7.05 Å². The van der Waals surface area contributed by atoms with Crippen molar-refractivity contribution in [3.63, 3.8) is 0 Å². The predicted molar refractivity (Wildman–Crippen MR) is 68.5 cm³/mol. The molecule has 1 aromatic carbocycles. The molecule has 6 heteroatoms. The van der Waals surface area contributed by atoms with E-state index in [1.54, 1.807) is 12.1 Å². The summed E-state index contributed by atoms with van der Waals surface area (Å²) in [4.78, 5) is 0. The Bertz CT molecular complexity index is 413. The molecule has 1 aromatic rings.